The molecular weight excluding hydrogens is 254 g/mol. The number of hydrogen-bond donors (Lipinski definition) is 2. The summed E-state index contributed by atoms with van der Waals surface area (Å²) in [5.74, 6) is 0.261. The molecule has 0 aliphatic rings. The van der Waals surface area contributed by atoms with Crippen molar-refractivity contribution in [3.8, 4) is 0 Å². The fourth-order valence-electron chi connectivity index (χ4n) is 2.21. The van der Waals surface area contributed by atoms with Gasteiger partial charge in [0.15, 0.2) is 0 Å². The van der Waals surface area contributed by atoms with E-state index < -0.39 is 0 Å². The van der Waals surface area contributed by atoms with Crippen LogP contribution in [0.3, 0.4) is 0 Å². The third-order valence-corrected chi connectivity index (χ3v) is 3.22. The molecule has 0 aliphatic carbocycles. The Bertz CT molecular complexity index is 613. The summed E-state index contributed by atoms with van der Waals surface area (Å²) in [7, 11) is 0. The average Bonchev–Trinajstić information content (AvgIpc) is 2.46. The Labute approximate surface area is 118 Å². The fourth-order valence-corrected chi connectivity index (χ4v) is 2.21. The smallest absolute Gasteiger partial charge is 0.254 e. The number of aliphatic hydroxyl groups excluding tert-OH is 1. The maximum absolute atomic E-state index is 12.6. The number of anilines is 1. The van der Waals surface area contributed by atoms with Gasteiger partial charge in [0, 0.05) is 25.1 Å². The molecule has 0 spiro atoms. The van der Waals surface area contributed by atoms with Crippen molar-refractivity contribution in [2.45, 2.75) is 13.3 Å². The summed E-state index contributed by atoms with van der Waals surface area (Å²) < 4.78 is 0. The maximum Gasteiger partial charge on any atom is 0.254 e. The zero-order valence-electron chi connectivity index (χ0n) is 11.5. The number of hydrogen-bond acceptors (Lipinski definition) is 4. The van der Waals surface area contributed by atoms with Crippen LogP contribution in [0, 0.1) is 0 Å². The van der Waals surface area contributed by atoms with Gasteiger partial charge in [-0.2, -0.15) is 0 Å². The molecule has 0 atom stereocenters. The van der Waals surface area contributed by atoms with E-state index in [0.29, 0.717) is 36.4 Å². The van der Waals surface area contributed by atoms with Gasteiger partial charge in [0.2, 0.25) is 0 Å². The second-order valence-electron chi connectivity index (χ2n) is 4.57. The van der Waals surface area contributed by atoms with Crippen LogP contribution in [-0.2, 0) is 0 Å². The lowest BCUT2D eigenvalue weighted by Gasteiger charge is -2.21. The minimum atomic E-state index is -0.0775. The summed E-state index contributed by atoms with van der Waals surface area (Å²) in [4.78, 5) is 18.5. The molecule has 106 valence electrons. The van der Waals surface area contributed by atoms with E-state index in [9.17, 15) is 4.79 Å². The number of nitrogens with zero attached hydrogens (tertiary/aromatic N) is 2. The SMILES string of the molecule is CCN(CCCO)C(=O)c1cc(N)nc2ccccc12. The summed E-state index contributed by atoms with van der Waals surface area (Å²) in [6.07, 6.45) is 0.568. The van der Waals surface area contributed by atoms with Crippen molar-refractivity contribution in [2.75, 3.05) is 25.4 Å². The first-order valence-corrected chi connectivity index (χ1v) is 6.72. The Morgan fingerprint density at radius 2 is 2.15 bits per heavy atom. The number of nitrogen functional groups attached to an aromatic ring is 1. The molecule has 0 unspecified atom stereocenters. The van der Waals surface area contributed by atoms with E-state index in [1.54, 1.807) is 11.0 Å². The summed E-state index contributed by atoms with van der Waals surface area (Å²) in [6.45, 7) is 3.11. The first-order valence-electron chi connectivity index (χ1n) is 6.72. The number of aliphatic hydroxyl groups is 1. The monoisotopic (exact) mass is 273 g/mol. The molecule has 1 heterocycles. The van der Waals surface area contributed by atoms with Crippen LogP contribution < -0.4 is 5.73 Å². The van der Waals surface area contributed by atoms with Gasteiger partial charge in [-0.1, -0.05) is 18.2 Å². The molecule has 0 aliphatic heterocycles. The van der Waals surface area contributed by atoms with Gasteiger partial charge in [0.05, 0.1) is 11.1 Å². The van der Waals surface area contributed by atoms with E-state index >= 15 is 0 Å². The number of pyridine rings is 1. The van der Waals surface area contributed by atoms with Gasteiger partial charge in [-0.25, -0.2) is 4.98 Å². The highest BCUT2D eigenvalue weighted by molar-refractivity contribution is 6.06. The number of carbonyl (C=O) groups is 1. The first-order chi connectivity index (χ1) is 9.67. The molecule has 20 heavy (non-hydrogen) atoms. The zero-order chi connectivity index (χ0) is 14.5. The largest absolute Gasteiger partial charge is 0.396 e. The van der Waals surface area contributed by atoms with E-state index in [1.807, 2.05) is 31.2 Å². The lowest BCUT2D eigenvalue weighted by atomic mass is 10.1. The van der Waals surface area contributed by atoms with Crippen molar-refractivity contribution in [1.29, 1.82) is 0 Å². The van der Waals surface area contributed by atoms with E-state index in [1.165, 1.54) is 0 Å². The van der Waals surface area contributed by atoms with Crippen LogP contribution in [0.4, 0.5) is 5.82 Å². The molecule has 1 amide bonds. The molecule has 0 radical (unpaired) electrons. The van der Waals surface area contributed by atoms with E-state index in [2.05, 4.69) is 4.98 Å². The number of nitrogens with two attached hydrogens (primary N) is 1. The minimum absolute atomic E-state index is 0.0724. The van der Waals surface area contributed by atoms with E-state index in [0.717, 1.165) is 5.39 Å². The van der Waals surface area contributed by atoms with E-state index in [4.69, 9.17) is 10.8 Å². The van der Waals surface area contributed by atoms with Crippen molar-refractivity contribution in [3.63, 3.8) is 0 Å². The zero-order valence-corrected chi connectivity index (χ0v) is 11.5. The standard InChI is InChI=1S/C15H19N3O2/c1-2-18(8-5-9-19)15(20)12-10-14(16)17-13-7-4-3-6-11(12)13/h3-4,6-7,10,19H,2,5,8-9H2,1H3,(H2,16,17). The van der Waals surface area contributed by atoms with Crippen LogP contribution in [0.5, 0.6) is 0 Å². The average molecular weight is 273 g/mol. The van der Waals surface area contributed by atoms with Crippen molar-refractivity contribution >= 4 is 22.6 Å². The molecule has 2 rings (SSSR count). The van der Waals surface area contributed by atoms with Crippen molar-refractivity contribution in [3.05, 3.63) is 35.9 Å². The molecule has 0 fully saturated rings. The molecule has 0 saturated carbocycles. The maximum atomic E-state index is 12.6. The Hall–Kier alpha value is -2.14. The Kier molecular flexibility index (Phi) is 4.53. The number of fused-ring (bicyclic) bond motifs is 1. The van der Waals surface area contributed by atoms with Crippen LogP contribution in [0.25, 0.3) is 10.9 Å². The quantitative estimate of drug-likeness (QED) is 0.868. The Balaban J connectivity index is 2.42. The number of carbonyl (C=O) groups excluding carboxylic acids is 1. The summed E-state index contributed by atoms with van der Waals surface area (Å²) in [6, 6.07) is 9.07. The van der Waals surface area contributed by atoms with Gasteiger partial charge < -0.3 is 15.7 Å². The first kappa shape index (κ1) is 14.3. The molecule has 0 bridgehead atoms. The van der Waals surface area contributed by atoms with Gasteiger partial charge in [0.25, 0.3) is 5.91 Å². The summed E-state index contributed by atoms with van der Waals surface area (Å²) in [5, 5.41) is 9.71. The molecule has 0 saturated heterocycles. The lowest BCUT2D eigenvalue weighted by Crippen LogP contribution is -2.32. The third kappa shape index (κ3) is 2.88. The van der Waals surface area contributed by atoms with Gasteiger partial charge in [-0.05, 0) is 25.5 Å². The predicted molar refractivity (Wildman–Crippen MR) is 79.4 cm³/mol. The van der Waals surface area contributed by atoms with Gasteiger partial charge in [0.1, 0.15) is 5.82 Å². The van der Waals surface area contributed by atoms with Crippen molar-refractivity contribution in [2.24, 2.45) is 0 Å². The number of rotatable bonds is 5. The van der Waals surface area contributed by atoms with Crippen LogP contribution >= 0.6 is 0 Å². The highest BCUT2D eigenvalue weighted by Gasteiger charge is 2.17. The van der Waals surface area contributed by atoms with Crippen LogP contribution in [0.15, 0.2) is 30.3 Å². The molecule has 1 aromatic heterocycles. The summed E-state index contributed by atoms with van der Waals surface area (Å²) in [5.41, 5.74) is 7.06. The molecule has 2 aromatic rings. The molecule has 5 nitrogen and oxygen atoms in total. The second-order valence-corrected chi connectivity index (χ2v) is 4.57. The number of para-hydroxylation sites is 1. The van der Waals surface area contributed by atoms with Gasteiger partial charge in [-0.15, -0.1) is 0 Å². The molecule has 3 N–H and O–H groups in total. The van der Waals surface area contributed by atoms with Crippen LogP contribution in [0.1, 0.15) is 23.7 Å². The Morgan fingerprint density at radius 3 is 2.85 bits per heavy atom. The second kappa shape index (κ2) is 6.34. The van der Waals surface area contributed by atoms with Gasteiger partial charge in [-0.3, -0.25) is 4.79 Å². The number of benzene rings is 1. The highest BCUT2D eigenvalue weighted by Crippen LogP contribution is 2.21. The topological polar surface area (TPSA) is 79.5 Å². The molecular formula is C15H19N3O2. The predicted octanol–water partition coefficient (Wildman–Crippen LogP) is 1.66. The van der Waals surface area contributed by atoms with Crippen molar-refractivity contribution < 1.29 is 9.90 Å². The lowest BCUT2D eigenvalue weighted by molar-refractivity contribution is 0.0756. The van der Waals surface area contributed by atoms with Crippen molar-refractivity contribution in [1.82, 2.24) is 9.88 Å². The molecule has 5 heteroatoms. The van der Waals surface area contributed by atoms with Crippen LogP contribution in [-0.4, -0.2) is 40.6 Å². The minimum Gasteiger partial charge on any atom is -0.396 e. The third-order valence-electron chi connectivity index (χ3n) is 3.22. The number of aromatic nitrogens is 1. The normalized spacial score (nSPS) is 10.7. The molecule has 1 aromatic carbocycles. The van der Waals surface area contributed by atoms with E-state index in [-0.39, 0.29) is 12.5 Å². The van der Waals surface area contributed by atoms with Gasteiger partial charge >= 0.3 is 0 Å². The Morgan fingerprint density at radius 1 is 1.40 bits per heavy atom. The summed E-state index contributed by atoms with van der Waals surface area (Å²) >= 11 is 0. The fraction of sp³-hybridized carbons (Fsp3) is 0.333. The van der Waals surface area contributed by atoms with Crippen LogP contribution in [0.2, 0.25) is 0 Å². The number of amides is 1. The highest BCUT2D eigenvalue weighted by atomic mass is 16.3.